The van der Waals surface area contributed by atoms with Gasteiger partial charge in [-0.1, -0.05) is 0 Å². The average Bonchev–Trinajstić information content (AvgIpc) is 3.01. The summed E-state index contributed by atoms with van der Waals surface area (Å²) in [4.78, 5) is 0. The van der Waals surface area contributed by atoms with Gasteiger partial charge >= 0.3 is 199 Å². The summed E-state index contributed by atoms with van der Waals surface area (Å²) in [6.45, 7) is 22.1. The molecule has 0 aliphatic carbocycles. The Morgan fingerprint density at radius 1 is 0.848 bits per heavy atom. The molecule has 2 heterocycles. The van der Waals surface area contributed by atoms with Crippen molar-refractivity contribution in [3.8, 4) is 17.2 Å². The molecule has 0 saturated carbocycles. The van der Waals surface area contributed by atoms with Gasteiger partial charge in [0.15, 0.2) is 0 Å². The maximum absolute atomic E-state index is 6.70. The number of fused-ring (bicyclic) bond motifs is 1. The van der Waals surface area contributed by atoms with Crippen LogP contribution in [0.25, 0.3) is 0 Å². The predicted molar refractivity (Wildman–Crippen MR) is 134 cm³/mol. The average molecular weight is 475 g/mol. The van der Waals surface area contributed by atoms with Crippen molar-refractivity contribution in [3.05, 3.63) is 52.6 Å². The van der Waals surface area contributed by atoms with Gasteiger partial charge < -0.3 is 0 Å². The normalized spacial score (nSPS) is 21.9. The van der Waals surface area contributed by atoms with Crippen LogP contribution in [0.4, 0.5) is 0 Å². The van der Waals surface area contributed by atoms with Crippen LogP contribution in [0.3, 0.4) is 0 Å². The second-order valence-electron chi connectivity index (χ2n) is 12.3. The molecule has 0 N–H and O–H groups in total. The molecule has 0 atom stereocenters. The second kappa shape index (κ2) is 7.34. The fourth-order valence-corrected chi connectivity index (χ4v) is 7.16. The van der Waals surface area contributed by atoms with E-state index < -0.39 is 7.74 Å². The predicted octanol–water partition coefficient (Wildman–Crippen LogP) is 7.95. The Bertz CT molecular complexity index is 1060. The Morgan fingerprint density at radius 3 is 1.94 bits per heavy atom. The Morgan fingerprint density at radius 2 is 1.42 bits per heavy atom. The molecule has 0 amide bonds. The Hall–Kier alpha value is -1.81. The fourth-order valence-electron chi connectivity index (χ4n) is 4.01. The first kappa shape index (κ1) is 24.3. The zero-order chi connectivity index (χ0) is 24.5. The molecule has 1 saturated heterocycles. The van der Waals surface area contributed by atoms with Crippen molar-refractivity contribution in [3.63, 3.8) is 0 Å². The van der Waals surface area contributed by atoms with E-state index >= 15 is 0 Å². The van der Waals surface area contributed by atoms with Crippen molar-refractivity contribution in [2.45, 2.75) is 80.1 Å². The van der Waals surface area contributed by atoms with E-state index in [0.29, 0.717) is 30.5 Å². The molecule has 4 rings (SSSR count). The number of hydrogen-bond acceptors (Lipinski definition) is 5. The number of aryl methyl sites for hydroxylation is 2. The Balaban J connectivity index is 1.90. The van der Waals surface area contributed by atoms with Crippen LogP contribution in [0.15, 0.2) is 30.3 Å². The van der Waals surface area contributed by atoms with Crippen LogP contribution in [0, 0.1) is 19.3 Å². The Kier molecular flexibility index (Phi) is 5.41. The molecule has 0 bridgehead atoms. The van der Waals surface area contributed by atoms with Gasteiger partial charge in [-0.2, -0.15) is 0 Å². The van der Waals surface area contributed by atoms with Crippen molar-refractivity contribution < 1.29 is 22.6 Å². The first-order valence-electron chi connectivity index (χ1n) is 11.7. The van der Waals surface area contributed by atoms with Gasteiger partial charge in [0.05, 0.1) is 0 Å². The molecule has 2 aromatic rings. The summed E-state index contributed by atoms with van der Waals surface area (Å²) in [5.74, 6) is 1.95. The van der Waals surface area contributed by atoms with E-state index in [0.717, 1.165) is 22.3 Å². The fraction of sp³-hybridized carbons (Fsp3) is 0.556. The van der Waals surface area contributed by atoms with Crippen LogP contribution in [-0.2, 0) is 19.9 Å². The molecule has 0 unspecified atom stereocenters. The van der Waals surface area contributed by atoms with Gasteiger partial charge in [0.25, 0.3) is 0 Å². The second-order valence-corrected chi connectivity index (χ2v) is 14.9. The monoisotopic (exact) mass is 474 g/mol. The molecule has 0 radical (unpaired) electrons. The molecule has 0 aromatic heterocycles. The molecule has 5 nitrogen and oxygen atoms in total. The summed E-state index contributed by atoms with van der Waals surface area (Å²) in [6, 6.07) is 10.3. The minimum atomic E-state index is -4.47. The SMILES string of the molecule is Cc1cccc(C)c1OP12(OCC(C)(C)CO1)Oc1cc(C(C)(C)C)cc(C(C)(C)C)c1O2. The standard InChI is InChI=1S/C27H39O5P/c1-18-12-11-13-19(2)23(18)31-33(28-16-27(9,10)17-29-33)30-22-15-20(25(3,4)5)14-21(24(22)32-33)26(6,7)8/h11-15H,16-17H2,1-10H3. The quantitative estimate of drug-likeness (QED) is 0.413. The molecule has 182 valence electrons. The zero-order valence-corrected chi connectivity index (χ0v) is 22.7. The third kappa shape index (κ3) is 4.36. The van der Waals surface area contributed by atoms with E-state index in [1.54, 1.807) is 0 Å². The Labute approximate surface area is 199 Å². The first-order chi connectivity index (χ1) is 15.0. The van der Waals surface area contributed by atoms with Crippen LogP contribution in [0.5, 0.6) is 17.2 Å². The van der Waals surface area contributed by atoms with Gasteiger partial charge in [-0.3, -0.25) is 0 Å². The van der Waals surface area contributed by atoms with Crippen LogP contribution in [0.2, 0.25) is 0 Å². The third-order valence-electron chi connectivity index (χ3n) is 6.20. The summed E-state index contributed by atoms with van der Waals surface area (Å²) < 4.78 is 32.9. The minimum absolute atomic E-state index is 0.0638. The molecule has 2 aliphatic rings. The van der Waals surface area contributed by atoms with Gasteiger partial charge in [0, 0.05) is 0 Å². The third-order valence-corrected chi connectivity index (χ3v) is 8.76. The van der Waals surface area contributed by atoms with Gasteiger partial charge in [0.2, 0.25) is 0 Å². The summed E-state index contributed by atoms with van der Waals surface area (Å²) >= 11 is 0. The maximum atomic E-state index is 6.70. The summed E-state index contributed by atoms with van der Waals surface area (Å²) in [5.41, 5.74) is 3.73. The summed E-state index contributed by atoms with van der Waals surface area (Å²) in [5, 5.41) is 0. The van der Waals surface area contributed by atoms with Crippen LogP contribution in [0.1, 0.15) is 77.6 Å². The molecule has 6 heteroatoms. The number of benzene rings is 2. The van der Waals surface area contributed by atoms with E-state index in [4.69, 9.17) is 22.6 Å². The van der Waals surface area contributed by atoms with Crippen LogP contribution < -0.4 is 13.6 Å². The van der Waals surface area contributed by atoms with Crippen LogP contribution >= 0.6 is 7.74 Å². The van der Waals surface area contributed by atoms with Gasteiger partial charge in [-0.05, 0) is 0 Å². The van der Waals surface area contributed by atoms with E-state index in [9.17, 15) is 0 Å². The van der Waals surface area contributed by atoms with E-state index in [2.05, 4.69) is 61.5 Å². The van der Waals surface area contributed by atoms with Crippen molar-refractivity contribution in [2.75, 3.05) is 13.2 Å². The molecular formula is C27H39O5P. The van der Waals surface area contributed by atoms with Crippen molar-refractivity contribution in [1.82, 2.24) is 0 Å². The topological polar surface area (TPSA) is 46.2 Å². The van der Waals surface area contributed by atoms with Crippen LogP contribution in [-0.4, -0.2) is 13.2 Å². The molecular weight excluding hydrogens is 435 g/mol. The van der Waals surface area contributed by atoms with Crippen molar-refractivity contribution in [1.29, 1.82) is 0 Å². The molecule has 1 fully saturated rings. The molecule has 33 heavy (non-hydrogen) atoms. The van der Waals surface area contributed by atoms with Crippen molar-refractivity contribution >= 4 is 7.74 Å². The van der Waals surface area contributed by atoms with E-state index in [1.807, 2.05) is 38.1 Å². The van der Waals surface area contributed by atoms with Crippen molar-refractivity contribution in [2.24, 2.45) is 5.41 Å². The zero-order valence-electron chi connectivity index (χ0n) is 21.8. The number of para-hydroxylation sites is 1. The first-order valence-corrected chi connectivity index (χ1v) is 13.5. The van der Waals surface area contributed by atoms with Gasteiger partial charge in [-0.15, -0.1) is 0 Å². The number of rotatable bonds is 2. The summed E-state index contributed by atoms with van der Waals surface area (Å²) in [6.07, 6.45) is 0. The summed E-state index contributed by atoms with van der Waals surface area (Å²) in [7, 11) is -4.47. The number of hydrogen-bond donors (Lipinski definition) is 0. The molecule has 2 aliphatic heterocycles. The van der Waals surface area contributed by atoms with Gasteiger partial charge in [-0.25, -0.2) is 0 Å². The van der Waals surface area contributed by atoms with E-state index in [-0.39, 0.29) is 16.2 Å². The molecule has 1 spiro atoms. The van der Waals surface area contributed by atoms with E-state index in [1.165, 1.54) is 0 Å². The molecule has 2 aromatic carbocycles. The van der Waals surface area contributed by atoms with Gasteiger partial charge in [0.1, 0.15) is 0 Å².